The van der Waals surface area contributed by atoms with Gasteiger partial charge in [0, 0.05) is 39.2 Å². The molecule has 6 heteroatoms. The highest BCUT2D eigenvalue weighted by Crippen LogP contribution is 2.25. The summed E-state index contributed by atoms with van der Waals surface area (Å²) in [6.07, 6.45) is 3.87. The van der Waals surface area contributed by atoms with E-state index in [2.05, 4.69) is 44.7 Å². The van der Waals surface area contributed by atoms with Crippen molar-refractivity contribution in [1.82, 2.24) is 19.5 Å². The van der Waals surface area contributed by atoms with Crippen LogP contribution in [0.4, 0.5) is 5.95 Å². The first-order valence-corrected chi connectivity index (χ1v) is 8.75. The van der Waals surface area contributed by atoms with Crippen molar-refractivity contribution in [3.8, 4) is 5.88 Å². The first kappa shape index (κ1) is 15.9. The molecule has 6 nitrogen and oxygen atoms in total. The van der Waals surface area contributed by atoms with Gasteiger partial charge in [0.2, 0.25) is 11.8 Å². The van der Waals surface area contributed by atoms with Gasteiger partial charge in [0.15, 0.2) is 0 Å². The molecule has 0 amide bonds. The number of aromatic nitrogens is 4. The van der Waals surface area contributed by atoms with Gasteiger partial charge in [0.1, 0.15) is 6.10 Å². The first-order chi connectivity index (χ1) is 12.1. The van der Waals surface area contributed by atoms with Crippen LogP contribution in [-0.4, -0.2) is 38.7 Å². The van der Waals surface area contributed by atoms with Crippen LogP contribution < -0.4 is 9.64 Å². The Morgan fingerprint density at radius 3 is 2.60 bits per heavy atom. The average Bonchev–Trinajstić information content (AvgIpc) is 2.96. The van der Waals surface area contributed by atoms with E-state index in [4.69, 9.17) is 9.72 Å². The van der Waals surface area contributed by atoms with Gasteiger partial charge in [-0.3, -0.25) is 4.98 Å². The number of benzene rings is 1. The van der Waals surface area contributed by atoms with Crippen molar-refractivity contribution >= 4 is 17.0 Å². The lowest BCUT2D eigenvalue weighted by atomic mass is 10.1. The third kappa shape index (κ3) is 3.04. The molecule has 1 saturated heterocycles. The summed E-state index contributed by atoms with van der Waals surface area (Å²) in [5, 5.41) is 0. The Kier molecular flexibility index (Phi) is 4.03. The molecule has 25 heavy (non-hydrogen) atoms. The molecule has 0 atom stereocenters. The zero-order chi connectivity index (χ0) is 17.4. The molecule has 0 unspecified atom stereocenters. The van der Waals surface area contributed by atoms with Crippen molar-refractivity contribution in [2.24, 2.45) is 7.05 Å². The van der Waals surface area contributed by atoms with Crippen LogP contribution in [0.5, 0.6) is 5.88 Å². The van der Waals surface area contributed by atoms with Crippen LogP contribution in [0.15, 0.2) is 30.5 Å². The lowest BCUT2D eigenvalue weighted by molar-refractivity contribution is 0.161. The van der Waals surface area contributed by atoms with E-state index in [9.17, 15) is 0 Å². The van der Waals surface area contributed by atoms with Crippen LogP contribution >= 0.6 is 0 Å². The summed E-state index contributed by atoms with van der Waals surface area (Å²) in [5.74, 6) is 1.70. The molecular formula is C19H23N5O. The zero-order valence-corrected chi connectivity index (χ0v) is 14.9. The molecule has 0 bridgehead atoms. The second kappa shape index (κ2) is 6.35. The van der Waals surface area contributed by atoms with E-state index in [1.807, 2.05) is 19.9 Å². The molecule has 0 aliphatic carbocycles. The van der Waals surface area contributed by atoms with Gasteiger partial charge < -0.3 is 14.2 Å². The quantitative estimate of drug-likeness (QED) is 0.735. The number of para-hydroxylation sites is 2. The topological polar surface area (TPSA) is 56.1 Å². The Balaban J connectivity index is 1.46. The van der Waals surface area contributed by atoms with Crippen LogP contribution in [0.3, 0.4) is 0 Å². The molecule has 0 N–H and O–H groups in total. The summed E-state index contributed by atoms with van der Waals surface area (Å²) in [4.78, 5) is 15.9. The molecule has 0 spiro atoms. The van der Waals surface area contributed by atoms with E-state index in [-0.39, 0.29) is 6.10 Å². The van der Waals surface area contributed by atoms with Crippen molar-refractivity contribution in [2.75, 3.05) is 18.0 Å². The van der Waals surface area contributed by atoms with Gasteiger partial charge in [-0.1, -0.05) is 12.1 Å². The SMILES string of the molecule is Cc1cnc(C)c(OC2CCN(c3nc4ccccc4n3C)CC2)n1. The number of imidazole rings is 1. The van der Waals surface area contributed by atoms with E-state index in [1.54, 1.807) is 6.20 Å². The molecule has 1 aliphatic heterocycles. The maximum absolute atomic E-state index is 6.11. The van der Waals surface area contributed by atoms with Gasteiger partial charge in [0.25, 0.3) is 0 Å². The summed E-state index contributed by atoms with van der Waals surface area (Å²) in [7, 11) is 2.08. The smallest absolute Gasteiger partial charge is 0.235 e. The largest absolute Gasteiger partial charge is 0.473 e. The number of piperidine rings is 1. The third-order valence-corrected chi connectivity index (χ3v) is 4.80. The predicted molar refractivity (Wildman–Crippen MR) is 98.1 cm³/mol. The predicted octanol–water partition coefficient (Wildman–Crippen LogP) is 3.03. The fourth-order valence-corrected chi connectivity index (χ4v) is 3.37. The van der Waals surface area contributed by atoms with E-state index in [1.165, 1.54) is 5.52 Å². The van der Waals surface area contributed by atoms with E-state index >= 15 is 0 Å². The average molecular weight is 337 g/mol. The number of hydrogen-bond acceptors (Lipinski definition) is 5. The Morgan fingerprint density at radius 2 is 1.84 bits per heavy atom. The number of nitrogens with zero attached hydrogens (tertiary/aromatic N) is 5. The maximum atomic E-state index is 6.11. The van der Waals surface area contributed by atoms with Crippen LogP contribution in [-0.2, 0) is 7.05 Å². The summed E-state index contributed by atoms with van der Waals surface area (Å²) in [6, 6.07) is 8.26. The molecule has 0 saturated carbocycles. The number of ether oxygens (including phenoxy) is 1. The normalized spacial score (nSPS) is 15.7. The van der Waals surface area contributed by atoms with Crippen molar-refractivity contribution in [3.05, 3.63) is 41.9 Å². The van der Waals surface area contributed by atoms with Gasteiger partial charge >= 0.3 is 0 Å². The van der Waals surface area contributed by atoms with Crippen molar-refractivity contribution < 1.29 is 4.74 Å². The minimum atomic E-state index is 0.181. The molecule has 2 aromatic heterocycles. The molecular weight excluding hydrogens is 314 g/mol. The molecule has 1 aliphatic rings. The summed E-state index contributed by atoms with van der Waals surface area (Å²) in [6.45, 7) is 5.74. The highest BCUT2D eigenvalue weighted by Gasteiger charge is 2.24. The third-order valence-electron chi connectivity index (χ3n) is 4.80. The minimum absolute atomic E-state index is 0.181. The number of hydrogen-bond donors (Lipinski definition) is 0. The number of aryl methyl sites for hydroxylation is 3. The molecule has 1 aromatic carbocycles. The lowest BCUT2D eigenvalue weighted by Gasteiger charge is -2.32. The highest BCUT2D eigenvalue weighted by atomic mass is 16.5. The fourth-order valence-electron chi connectivity index (χ4n) is 3.37. The highest BCUT2D eigenvalue weighted by molar-refractivity contribution is 5.78. The number of rotatable bonds is 3. The Labute approximate surface area is 147 Å². The number of fused-ring (bicyclic) bond motifs is 1. The Morgan fingerprint density at radius 1 is 1.08 bits per heavy atom. The van der Waals surface area contributed by atoms with Crippen molar-refractivity contribution in [3.63, 3.8) is 0 Å². The van der Waals surface area contributed by atoms with Crippen LogP contribution in [0, 0.1) is 13.8 Å². The van der Waals surface area contributed by atoms with Gasteiger partial charge in [0.05, 0.1) is 22.4 Å². The van der Waals surface area contributed by atoms with E-state index < -0.39 is 0 Å². The molecule has 3 aromatic rings. The fraction of sp³-hybridized carbons (Fsp3) is 0.421. The van der Waals surface area contributed by atoms with Gasteiger partial charge in [-0.15, -0.1) is 0 Å². The van der Waals surface area contributed by atoms with E-state index in [0.29, 0.717) is 5.88 Å². The molecule has 130 valence electrons. The summed E-state index contributed by atoms with van der Waals surface area (Å²) < 4.78 is 8.29. The van der Waals surface area contributed by atoms with E-state index in [0.717, 1.165) is 48.8 Å². The standard InChI is InChI=1S/C19H23N5O/c1-13-12-20-14(2)18(21-13)25-15-8-10-24(11-9-15)19-22-16-6-4-5-7-17(16)23(19)3/h4-7,12,15H,8-11H2,1-3H3. The molecule has 0 radical (unpaired) electrons. The second-order valence-corrected chi connectivity index (χ2v) is 6.67. The maximum Gasteiger partial charge on any atom is 0.235 e. The molecule has 1 fully saturated rings. The molecule has 4 rings (SSSR count). The van der Waals surface area contributed by atoms with Crippen LogP contribution in [0.2, 0.25) is 0 Å². The van der Waals surface area contributed by atoms with Crippen LogP contribution in [0.25, 0.3) is 11.0 Å². The minimum Gasteiger partial charge on any atom is -0.473 e. The van der Waals surface area contributed by atoms with Gasteiger partial charge in [-0.2, -0.15) is 0 Å². The monoisotopic (exact) mass is 337 g/mol. The first-order valence-electron chi connectivity index (χ1n) is 8.75. The lowest BCUT2D eigenvalue weighted by Crippen LogP contribution is -2.39. The van der Waals surface area contributed by atoms with Crippen molar-refractivity contribution in [1.29, 1.82) is 0 Å². The summed E-state index contributed by atoms with van der Waals surface area (Å²) in [5.41, 5.74) is 3.95. The zero-order valence-electron chi connectivity index (χ0n) is 14.9. The van der Waals surface area contributed by atoms with Crippen LogP contribution in [0.1, 0.15) is 24.2 Å². The van der Waals surface area contributed by atoms with Gasteiger partial charge in [-0.05, 0) is 26.0 Å². The van der Waals surface area contributed by atoms with Gasteiger partial charge in [-0.25, -0.2) is 9.97 Å². The Hall–Kier alpha value is -2.63. The molecule has 3 heterocycles. The Bertz CT molecular complexity index is 896. The van der Waals surface area contributed by atoms with Crippen molar-refractivity contribution in [2.45, 2.75) is 32.8 Å². The second-order valence-electron chi connectivity index (χ2n) is 6.67. The summed E-state index contributed by atoms with van der Waals surface area (Å²) >= 11 is 0. The number of anilines is 1.